The van der Waals surface area contributed by atoms with Gasteiger partial charge in [0.2, 0.25) is 0 Å². The topological polar surface area (TPSA) is 132 Å². The van der Waals surface area contributed by atoms with Gasteiger partial charge in [-0.3, -0.25) is 4.79 Å². The molecule has 3 atom stereocenters. The molecule has 26 heavy (non-hydrogen) atoms. The van der Waals surface area contributed by atoms with Gasteiger partial charge in [0, 0.05) is 18.7 Å². The minimum absolute atomic E-state index is 0.0691. The summed E-state index contributed by atoms with van der Waals surface area (Å²) in [5.41, 5.74) is 6.23. The number of urea groups is 1. The van der Waals surface area contributed by atoms with E-state index in [1.807, 2.05) is 0 Å². The van der Waals surface area contributed by atoms with Crippen LogP contribution in [-0.4, -0.2) is 55.0 Å². The van der Waals surface area contributed by atoms with E-state index in [1.165, 1.54) is 0 Å². The van der Waals surface area contributed by atoms with Gasteiger partial charge >= 0.3 is 12.0 Å². The molecule has 0 saturated carbocycles. The van der Waals surface area contributed by atoms with Crippen LogP contribution in [0.25, 0.3) is 0 Å². The number of rotatable bonds is 11. The Labute approximate surface area is 154 Å². The van der Waals surface area contributed by atoms with Crippen LogP contribution in [0, 0.1) is 5.41 Å². The lowest BCUT2D eigenvalue weighted by molar-refractivity contribution is -0.180. The number of unbranched alkanes of at least 4 members (excludes halogenated alkanes) is 2. The number of carbonyl (C=O) groups excluding carboxylic acids is 2. The second-order valence-corrected chi connectivity index (χ2v) is 6.47. The van der Waals surface area contributed by atoms with Crippen LogP contribution in [0.3, 0.4) is 0 Å². The Hall–Kier alpha value is -1.71. The Morgan fingerprint density at radius 1 is 1.38 bits per heavy atom. The van der Waals surface area contributed by atoms with E-state index in [9.17, 15) is 14.7 Å². The summed E-state index contributed by atoms with van der Waals surface area (Å²) in [6.45, 7) is 6.51. The van der Waals surface area contributed by atoms with Crippen LogP contribution in [-0.2, 0) is 19.0 Å². The van der Waals surface area contributed by atoms with E-state index in [4.69, 9.17) is 19.9 Å². The molecule has 3 unspecified atom stereocenters. The number of nitrogens with one attached hydrogen (secondary N) is 1. The zero-order valence-corrected chi connectivity index (χ0v) is 15.8. The maximum atomic E-state index is 12.5. The predicted octanol–water partition coefficient (Wildman–Crippen LogP) is 1.28. The monoisotopic (exact) mass is 373 g/mol. The van der Waals surface area contributed by atoms with Gasteiger partial charge in [0.1, 0.15) is 5.41 Å². The molecule has 0 bridgehead atoms. The quantitative estimate of drug-likeness (QED) is 0.216. The minimum atomic E-state index is -1.34. The van der Waals surface area contributed by atoms with Crippen molar-refractivity contribution in [1.29, 1.82) is 0 Å². The van der Waals surface area contributed by atoms with Crippen molar-refractivity contribution in [3.05, 3.63) is 0 Å². The van der Waals surface area contributed by atoms with Crippen LogP contribution < -0.4 is 11.2 Å². The Kier molecular flexibility index (Phi) is 9.53. The number of nitrogens with two attached hydrogens (primary N) is 1. The van der Waals surface area contributed by atoms with E-state index in [1.54, 1.807) is 13.8 Å². The molecule has 150 valence electrons. The number of primary amides is 1. The smallest absolute Gasteiger partial charge is 0.332 e. The maximum absolute atomic E-state index is 12.5. The first kappa shape index (κ1) is 22.3. The van der Waals surface area contributed by atoms with Gasteiger partial charge in [-0.1, -0.05) is 19.8 Å². The standard InChI is InChI=1S/C17H31N3O6/c1-4-6-7-8-24-11-13-10-17(15(22)26-13,14(21)25-5-2)9-12(3)19-20-16(18)23/h13,15,22H,4-11H2,1-3H3,(H3,18,20,23). The number of esters is 1. The molecule has 9 nitrogen and oxygen atoms in total. The Morgan fingerprint density at radius 2 is 2.12 bits per heavy atom. The van der Waals surface area contributed by atoms with Gasteiger partial charge in [0.15, 0.2) is 6.29 Å². The fourth-order valence-electron chi connectivity index (χ4n) is 2.97. The largest absolute Gasteiger partial charge is 0.465 e. The molecule has 0 aromatic heterocycles. The zero-order chi connectivity index (χ0) is 19.6. The number of amides is 2. The second kappa shape index (κ2) is 11.1. The number of hydrogen-bond donors (Lipinski definition) is 3. The van der Waals surface area contributed by atoms with Crippen molar-refractivity contribution >= 4 is 17.7 Å². The SMILES string of the molecule is CCCCCOCC1CC(CC(C)=NNC(N)=O)(C(=O)OCC)C(O)O1. The van der Waals surface area contributed by atoms with E-state index in [0.29, 0.717) is 12.3 Å². The molecule has 0 radical (unpaired) electrons. The summed E-state index contributed by atoms with van der Waals surface area (Å²) >= 11 is 0. The van der Waals surface area contributed by atoms with Crippen LogP contribution in [0.2, 0.25) is 0 Å². The van der Waals surface area contributed by atoms with Crippen molar-refractivity contribution in [1.82, 2.24) is 5.43 Å². The van der Waals surface area contributed by atoms with Gasteiger partial charge in [-0.05, 0) is 26.7 Å². The third-order valence-corrected chi connectivity index (χ3v) is 4.19. The molecule has 1 rings (SSSR count). The van der Waals surface area contributed by atoms with Crippen LogP contribution >= 0.6 is 0 Å². The highest BCUT2D eigenvalue weighted by Crippen LogP contribution is 2.42. The van der Waals surface area contributed by atoms with Gasteiger partial charge in [-0.2, -0.15) is 5.10 Å². The van der Waals surface area contributed by atoms with E-state index in [-0.39, 0.29) is 26.1 Å². The third-order valence-electron chi connectivity index (χ3n) is 4.19. The minimum Gasteiger partial charge on any atom is -0.465 e. The number of aliphatic hydroxyl groups excluding tert-OH is 1. The zero-order valence-electron chi connectivity index (χ0n) is 15.8. The summed E-state index contributed by atoms with van der Waals surface area (Å²) in [6, 6.07) is -0.809. The molecule has 0 aromatic rings. The first-order valence-corrected chi connectivity index (χ1v) is 9.02. The Morgan fingerprint density at radius 3 is 2.73 bits per heavy atom. The lowest BCUT2D eigenvalue weighted by atomic mass is 9.79. The molecule has 2 amide bonds. The lowest BCUT2D eigenvalue weighted by Gasteiger charge is -2.28. The highest BCUT2D eigenvalue weighted by Gasteiger charge is 2.55. The maximum Gasteiger partial charge on any atom is 0.332 e. The Bertz CT molecular complexity index is 499. The summed E-state index contributed by atoms with van der Waals surface area (Å²) in [5, 5.41) is 14.2. The van der Waals surface area contributed by atoms with E-state index < -0.39 is 29.8 Å². The number of hydrogen-bond acceptors (Lipinski definition) is 7. The van der Waals surface area contributed by atoms with E-state index in [2.05, 4.69) is 17.5 Å². The highest BCUT2D eigenvalue weighted by molar-refractivity contribution is 5.90. The number of aliphatic hydroxyl groups is 1. The molecule has 1 aliphatic rings. The molecule has 1 saturated heterocycles. The normalized spacial score (nSPS) is 25.9. The highest BCUT2D eigenvalue weighted by atomic mass is 16.6. The number of nitrogens with zero attached hydrogens (tertiary/aromatic N) is 1. The second-order valence-electron chi connectivity index (χ2n) is 6.47. The summed E-state index contributed by atoms with van der Waals surface area (Å²) in [6.07, 6.45) is 1.69. The predicted molar refractivity (Wildman–Crippen MR) is 95.4 cm³/mol. The van der Waals surface area contributed by atoms with Gasteiger partial charge in [0.25, 0.3) is 0 Å². The molecular weight excluding hydrogens is 342 g/mol. The van der Waals surface area contributed by atoms with Crippen LogP contribution in [0.15, 0.2) is 5.10 Å². The van der Waals surface area contributed by atoms with Gasteiger partial charge in [-0.15, -0.1) is 0 Å². The summed E-state index contributed by atoms with van der Waals surface area (Å²) < 4.78 is 16.3. The van der Waals surface area contributed by atoms with E-state index in [0.717, 1.165) is 19.3 Å². The van der Waals surface area contributed by atoms with Crippen molar-refractivity contribution in [2.45, 2.75) is 65.3 Å². The lowest BCUT2D eigenvalue weighted by Crippen LogP contribution is -2.42. The molecule has 1 fully saturated rings. The van der Waals surface area contributed by atoms with Gasteiger partial charge in [0.05, 0.1) is 19.3 Å². The van der Waals surface area contributed by atoms with Crippen molar-refractivity contribution in [3.63, 3.8) is 0 Å². The molecular formula is C17H31N3O6. The average molecular weight is 373 g/mol. The molecule has 4 N–H and O–H groups in total. The van der Waals surface area contributed by atoms with Crippen LogP contribution in [0.5, 0.6) is 0 Å². The third kappa shape index (κ3) is 6.54. The van der Waals surface area contributed by atoms with Gasteiger partial charge < -0.3 is 25.1 Å². The fraction of sp³-hybridized carbons (Fsp3) is 0.824. The molecule has 0 aromatic carbocycles. The molecule has 1 heterocycles. The van der Waals surface area contributed by atoms with Crippen molar-refractivity contribution in [2.75, 3.05) is 19.8 Å². The Balaban J connectivity index is 2.77. The molecule has 1 aliphatic heterocycles. The van der Waals surface area contributed by atoms with Crippen molar-refractivity contribution in [3.8, 4) is 0 Å². The number of hydrazone groups is 1. The molecule has 9 heteroatoms. The van der Waals surface area contributed by atoms with Crippen molar-refractivity contribution in [2.24, 2.45) is 16.3 Å². The van der Waals surface area contributed by atoms with Crippen LogP contribution in [0.1, 0.15) is 52.9 Å². The first-order valence-electron chi connectivity index (χ1n) is 9.02. The van der Waals surface area contributed by atoms with Gasteiger partial charge in [-0.25, -0.2) is 10.2 Å². The summed E-state index contributed by atoms with van der Waals surface area (Å²) in [7, 11) is 0. The first-order chi connectivity index (χ1) is 12.4. The molecule has 0 aliphatic carbocycles. The number of carbonyl (C=O) groups is 2. The fourth-order valence-corrected chi connectivity index (χ4v) is 2.97. The average Bonchev–Trinajstić information content (AvgIpc) is 2.89. The number of ether oxygens (including phenoxy) is 3. The van der Waals surface area contributed by atoms with Crippen LogP contribution in [0.4, 0.5) is 4.79 Å². The summed E-state index contributed by atoms with van der Waals surface area (Å²) in [4.78, 5) is 23.3. The molecule has 0 spiro atoms. The summed E-state index contributed by atoms with van der Waals surface area (Å²) in [5.74, 6) is -0.561. The van der Waals surface area contributed by atoms with E-state index >= 15 is 0 Å². The van der Waals surface area contributed by atoms with Crippen molar-refractivity contribution < 1.29 is 28.9 Å².